The van der Waals surface area contributed by atoms with Crippen molar-refractivity contribution in [2.24, 2.45) is 10.7 Å². The normalized spacial score (nSPS) is 12.2. The Balaban J connectivity index is 2.38. The average molecular weight is 300 g/mol. The molecule has 0 fully saturated rings. The van der Waals surface area contributed by atoms with Crippen molar-refractivity contribution in [2.45, 2.75) is 6.42 Å². The van der Waals surface area contributed by atoms with Crippen molar-refractivity contribution in [1.29, 1.82) is 0 Å². The van der Waals surface area contributed by atoms with Gasteiger partial charge in [-0.15, -0.1) is 0 Å². The highest BCUT2D eigenvalue weighted by Crippen LogP contribution is 2.16. The number of rotatable bonds is 7. The molecule has 0 atom stereocenters. The lowest BCUT2D eigenvalue weighted by Gasteiger charge is -2.07. The Morgan fingerprint density at radius 3 is 2.85 bits per heavy atom. The zero-order chi connectivity index (χ0) is 15.0. The van der Waals surface area contributed by atoms with Gasteiger partial charge in [-0.3, -0.25) is 4.99 Å². The first-order chi connectivity index (χ1) is 9.40. The van der Waals surface area contributed by atoms with Crippen molar-refractivity contribution in [3.63, 3.8) is 0 Å². The van der Waals surface area contributed by atoms with E-state index in [0.717, 1.165) is 17.7 Å². The maximum absolute atomic E-state index is 10.8. The molecule has 7 nitrogen and oxygen atoms in total. The molecular weight excluding hydrogens is 280 g/mol. The predicted molar refractivity (Wildman–Crippen MR) is 80.6 cm³/mol. The summed E-state index contributed by atoms with van der Waals surface area (Å²) in [5, 5.41) is 2.93. The average Bonchev–Trinajstić information content (AvgIpc) is 2.37. The van der Waals surface area contributed by atoms with Crippen LogP contribution in [0.25, 0.3) is 0 Å². The fraction of sp³-hybridized carbons (Fsp3) is 0.417. The van der Waals surface area contributed by atoms with Gasteiger partial charge in [-0.2, -0.15) is 0 Å². The molecular formula is C12H20N4O3S. The molecule has 8 heteroatoms. The number of anilines is 1. The van der Waals surface area contributed by atoms with Crippen molar-refractivity contribution in [3.8, 4) is 5.75 Å². The van der Waals surface area contributed by atoms with E-state index in [0.29, 0.717) is 19.5 Å². The molecule has 0 radical (unpaired) electrons. The van der Waals surface area contributed by atoms with Gasteiger partial charge in [-0.25, -0.2) is 13.1 Å². The van der Waals surface area contributed by atoms with Crippen LogP contribution >= 0.6 is 0 Å². The minimum absolute atomic E-state index is 0.276. The third-order valence-electron chi connectivity index (χ3n) is 2.32. The molecule has 0 unspecified atom stereocenters. The molecule has 4 N–H and O–H groups in total. The molecule has 0 aliphatic rings. The Labute approximate surface area is 119 Å². The van der Waals surface area contributed by atoms with E-state index < -0.39 is 10.0 Å². The molecule has 0 aromatic heterocycles. The Morgan fingerprint density at radius 2 is 2.20 bits per heavy atom. The van der Waals surface area contributed by atoms with Crippen LogP contribution in [0.5, 0.6) is 5.75 Å². The molecule has 1 aromatic rings. The van der Waals surface area contributed by atoms with Gasteiger partial charge >= 0.3 is 0 Å². The van der Waals surface area contributed by atoms with Gasteiger partial charge < -0.3 is 15.8 Å². The van der Waals surface area contributed by atoms with Gasteiger partial charge in [-0.05, 0) is 18.6 Å². The second-order valence-electron chi connectivity index (χ2n) is 4.14. The standard InChI is InChI=1S/C12H20N4O3S/c1-19-11-6-3-5-10(9-11)16-12(13)14-7-4-8-15-20(2,17)18/h3,5-6,9,15H,4,7-8H2,1-2H3,(H3,13,14,16). The number of nitrogens with zero attached hydrogens (tertiary/aromatic N) is 1. The summed E-state index contributed by atoms with van der Waals surface area (Å²) in [6.45, 7) is 0.778. The van der Waals surface area contributed by atoms with Crippen LogP contribution in [0, 0.1) is 0 Å². The van der Waals surface area contributed by atoms with Crippen LogP contribution in [0.3, 0.4) is 0 Å². The monoisotopic (exact) mass is 300 g/mol. The first-order valence-corrected chi connectivity index (χ1v) is 7.95. The van der Waals surface area contributed by atoms with E-state index >= 15 is 0 Å². The molecule has 0 heterocycles. The minimum Gasteiger partial charge on any atom is -0.497 e. The molecule has 1 aromatic carbocycles. The molecule has 0 aliphatic heterocycles. The number of nitrogens with two attached hydrogens (primary N) is 1. The highest BCUT2D eigenvalue weighted by molar-refractivity contribution is 7.88. The summed E-state index contributed by atoms with van der Waals surface area (Å²) in [5.41, 5.74) is 6.50. The highest BCUT2D eigenvalue weighted by atomic mass is 32.2. The molecule has 1 rings (SSSR count). The van der Waals surface area contributed by atoms with E-state index in [1.165, 1.54) is 0 Å². The smallest absolute Gasteiger partial charge is 0.208 e. The molecule has 0 aliphatic carbocycles. The summed E-state index contributed by atoms with van der Waals surface area (Å²) in [6, 6.07) is 7.31. The number of methoxy groups -OCH3 is 1. The first-order valence-electron chi connectivity index (χ1n) is 6.06. The van der Waals surface area contributed by atoms with Crippen LogP contribution in [0.15, 0.2) is 29.3 Å². The number of benzene rings is 1. The summed E-state index contributed by atoms with van der Waals surface area (Å²) in [5.74, 6) is 0.998. The predicted octanol–water partition coefficient (Wildman–Crippen LogP) is 0.361. The molecule has 0 saturated heterocycles. The number of guanidine groups is 1. The molecule has 112 valence electrons. The zero-order valence-corrected chi connectivity index (χ0v) is 12.4. The second-order valence-corrected chi connectivity index (χ2v) is 5.98. The van der Waals surface area contributed by atoms with E-state index in [1.807, 2.05) is 18.2 Å². The third kappa shape index (κ3) is 6.95. The highest BCUT2D eigenvalue weighted by Gasteiger charge is 1.99. The van der Waals surface area contributed by atoms with E-state index in [-0.39, 0.29) is 5.96 Å². The summed E-state index contributed by atoms with van der Waals surface area (Å²) in [4.78, 5) is 4.10. The Kier molecular flexibility index (Phi) is 6.26. The number of ether oxygens (including phenoxy) is 1. The first kappa shape index (κ1) is 16.3. The van der Waals surface area contributed by atoms with Crippen molar-refractivity contribution in [1.82, 2.24) is 4.72 Å². The van der Waals surface area contributed by atoms with Gasteiger partial charge in [0.05, 0.1) is 13.4 Å². The number of hydrogen-bond donors (Lipinski definition) is 3. The van der Waals surface area contributed by atoms with Gasteiger partial charge in [-0.1, -0.05) is 6.07 Å². The fourth-order valence-electron chi connectivity index (χ4n) is 1.42. The minimum atomic E-state index is -3.14. The quantitative estimate of drug-likeness (QED) is 0.383. The van der Waals surface area contributed by atoms with Crippen LogP contribution < -0.4 is 20.5 Å². The molecule has 0 amide bonds. The summed E-state index contributed by atoms with van der Waals surface area (Å²) < 4.78 is 29.1. The molecule has 0 bridgehead atoms. The number of nitrogens with one attached hydrogen (secondary N) is 2. The Hall–Kier alpha value is -1.80. The molecule has 0 saturated carbocycles. The summed E-state index contributed by atoms with van der Waals surface area (Å²) >= 11 is 0. The van der Waals surface area contributed by atoms with Gasteiger partial charge in [0.2, 0.25) is 10.0 Å². The van der Waals surface area contributed by atoms with Crippen molar-refractivity contribution >= 4 is 21.7 Å². The van der Waals surface area contributed by atoms with Crippen LogP contribution in [-0.2, 0) is 10.0 Å². The third-order valence-corrected chi connectivity index (χ3v) is 3.05. The largest absolute Gasteiger partial charge is 0.497 e. The molecule has 20 heavy (non-hydrogen) atoms. The fourth-order valence-corrected chi connectivity index (χ4v) is 1.94. The SMILES string of the molecule is COc1cccc(NC(N)=NCCCNS(C)(=O)=O)c1. The van der Waals surface area contributed by atoms with E-state index in [2.05, 4.69) is 15.0 Å². The number of aliphatic imine (C=N–C) groups is 1. The van der Waals surface area contributed by atoms with Gasteiger partial charge in [0.1, 0.15) is 5.75 Å². The van der Waals surface area contributed by atoms with Gasteiger partial charge in [0.25, 0.3) is 0 Å². The van der Waals surface area contributed by atoms with E-state index in [4.69, 9.17) is 10.5 Å². The van der Waals surface area contributed by atoms with Crippen LogP contribution in [0.4, 0.5) is 5.69 Å². The second kappa shape index (κ2) is 7.71. The van der Waals surface area contributed by atoms with Crippen LogP contribution in [0.1, 0.15) is 6.42 Å². The van der Waals surface area contributed by atoms with Gasteiger partial charge in [0, 0.05) is 24.8 Å². The van der Waals surface area contributed by atoms with Crippen molar-refractivity contribution in [2.75, 3.05) is 31.8 Å². The lowest BCUT2D eigenvalue weighted by molar-refractivity contribution is 0.415. The van der Waals surface area contributed by atoms with Crippen molar-refractivity contribution in [3.05, 3.63) is 24.3 Å². The Bertz CT molecular complexity index is 558. The van der Waals surface area contributed by atoms with Crippen LogP contribution in [0.2, 0.25) is 0 Å². The van der Waals surface area contributed by atoms with E-state index in [1.54, 1.807) is 13.2 Å². The topological polar surface area (TPSA) is 106 Å². The number of sulfonamides is 1. The lowest BCUT2D eigenvalue weighted by Crippen LogP contribution is -2.25. The lowest BCUT2D eigenvalue weighted by atomic mass is 10.3. The van der Waals surface area contributed by atoms with Crippen LogP contribution in [-0.4, -0.2) is 40.8 Å². The maximum Gasteiger partial charge on any atom is 0.208 e. The van der Waals surface area contributed by atoms with E-state index in [9.17, 15) is 8.42 Å². The van der Waals surface area contributed by atoms with Crippen molar-refractivity contribution < 1.29 is 13.2 Å². The van der Waals surface area contributed by atoms with Gasteiger partial charge in [0.15, 0.2) is 5.96 Å². The maximum atomic E-state index is 10.8. The summed E-state index contributed by atoms with van der Waals surface area (Å²) in [7, 11) is -1.55. The summed E-state index contributed by atoms with van der Waals surface area (Å²) in [6.07, 6.45) is 1.70. The molecule has 0 spiro atoms. The number of hydrogen-bond acceptors (Lipinski definition) is 4. The zero-order valence-electron chi connectivity index (χ0n) is 11.6. The Morgan fingerprint density at radius 1 is 1.45 bits per heavy atom.